The van der Waals surface area contributed by atoms with Crippen molar-refractivity contribution in [1.29, 1.82) is 0 Å². The molecule has 0 saturated carbocycles. The lowest BCUT2D eigenvalue weighted by atomic mass is 10.4. The summed E-state index contributed by atoms with van der Waals surface area (Å²) in [5.74, 6) is -0.146. The number of nitrogen functional groups attached to an aromatic ring is 1. The molecule has 0 aliphatic rings. The molecule has 7 N–H and O–H groups in total. The van der Waals surface area contributed by atoms with Gasteiger partial charge in [0, 0.05) is 20.1 Å². The smallest absolute Gasteiger partial charge is 0.312 e. The molecular weight excluding hydrogens is 244 g/mol. The molecule has 1 heterocycles. The van der Waals surface area contributed by atoms with Crippen LogP contribution in [0.1, 0.15) is 9.67 Å². The van der Waals surface area contributed by atoms with Gasteiger partial charge in [0.15, 0.2) is 5.13 Å². The molecule has 0 aromatic carbocycles. The summed E-state index contributed by atoms with van der Waals surface area (Å²) in [7, 11) is 1.69. The Morgan fingerprint density at radius 3 is 2.53 bits per heavy atom. The van der Waals surface area contributed by atoms with Crippen molar-refractivity contribution in [3.8, 4) is 0 Å². The number of nitrogens with zero attached hydrogens (tertiary/aromatic N) is 1. The lowest BCUT2D eigenvalue weighted by molar-refractivity contribution is 0.0958. The van der Waals surface area contributed by atoms with Gasteiger partial charge in [0.25, 0.3) is 5.91 Å². The number of hydrogen-bond acceptors (Lipinski definition) is 6. The van der Waals surface area contributed by atoms with Crippen LogP contribution in [0, 0.1) is 0 Å². The lowest BCUT2D eigenvalue weighted by Crippen LogP contribution is -2.37. The van der Waals surface area contributed by atoms with Crippen LogP contribution in [0.3, 0.4) is 0 Å². The van der Waals surface area contributed by atoms with Gasteiger partial charge in [0.05, 0.1) is 0 Å². The molecular formula is C8H14N6O2S. The average Bonchev–Trinajstić information content (AvgIpc) is 2.65. The number of nitrogens with one attached hydrogen (secondary N) is 3. The first-order valence-corrected chi connectivity index (χ1v) is 5.61. The third kappa shape index (κ3) is 3.79. The molecule has 0 radical (unpaired) electrons. The van der Waals surface area contributed by atoms with E-state index in [2.05, 4.69) is 20.9 Å². The molecule has 9 heteroatoms. The van der Waals surface area contributed by atoms with Crippen LogP contribution >= 0.6 is 11.3 Å². The Balaban J connectivity index is 2.46. The maximum Gasteiger partial charge on any atom is 0.312 e. The minimum Gasteiger partial charge on any atom is -0.382 e. The second-order valence-electron chi connectivity index (χ2n) is 3.03. The second kappa shape index (κ2) is 5.89. The van der Waals surface area contributed by atoms with E-state index in [-0.39, 0.29) is 24.8 Å². The highest BCUT2D eigenvalue weighted by Gasteiger charge is 2.14. The summed E-state index contributed by atoms with van der Waals surface area (Å²) in [6.45, 7) is 0.534. The topological polar surface area (TPSA) is 135 Å². The van der Waals surface area contributed by atoms with E-state index < -0.39 is 6.03 Å². The van der Waals surface area contributed by atoms with Gasteiger partial charge in [-0.3, -0.25) is 4.79 Å². The van der Waals surface area contributed by atoms with E-state index in [0.717, 1.165) is 11.3 Å². The van der Waals surface area contributed by atoms with E-state index in [1.807, 2.05) is 0 Å². The lowest BCUT2D eigenvalue weighted by Gasteiger charge is -2.03. The van der Waals surface area contributed by atoms with Crippen molar-refractivity contribution in [2.75, 3.05) is 31.2 Å². The monoisotopic (exact) mass is 258 g/mol. The number of nitrogens with two attached hydrogens (primary N) is 2. The Kier molecular flexibility index (Phi) is 4.52. The minimum atomic E-state index is -0.631. The van der Waals surface area contributed by atoms with Gasteiger partial charge in [0.1, 0.15) is 10.7 Å². The van der Waals surface area contributed by atoms with Crippen molar-refractivity contribution in [2.45, 2.75) is 0 Å². The van der Waals surface area contributed by atoms with Crippen LogP contribution in [0.4, 0.5) is 15.7 Å². The Labute approximate surface area is 102 Å². The van der Waals surface area contributed by atoms with E-state index in [0.29, 0.717) is 10.0 Å². The van der Waals surface area contributed by atoms with E-state index in [1.54, 1.807) is 7.05 Å². The predicted molar refractivity (Wildman–Crippen MR) is 66.0 cm³/mol. The number of carbonyl (C=O) groups is 2. The molecule has 0 spiro atoms. The SMILES string of the molecule is CNc1nc(N)c(C(=O)NCCNC(N)=O)s1. The third-order valence-corrected chi connectivity index (χ3v) is 2.87. The number of rotatable bonds is 5. The average molecular weight is 258 g/mol. The highest BCUT2D eigenvalue weighted by Crippen LogP contribution is 2.23. The zero-order valence-corrected chi connectivity index (χ0v) is 10.1. The van der Waals surface area contributed by atoms with Gasteiger partial charge in [-0.2, -0.15) is 0 Å². The van der Waals surface area contributed by atoms with Gasteiger partial charge in [-0.25, -0.2) is 9.78 Å². The molecule has 3 amide bonds. The summed E-state index contributed by atoms with van der Waals surface area (Å²) >= 11 is 1.16. The molecule has 0 aliphatic carbocycles. The van der Waals surface area contributed by atoms with Gasteiger partial charge in [-0.05, 0) is 0 Å². The van der Waals surface area contributed by atoms with Gasteiger partial charge in [-0.1, -0.05) is 11.3 Å². The molecule has 8 nitrogen and oxygen atoms in total. The molecule has 1 rings (SSSR count). The molecule has 1 aromatic rings. The predicted octanol–water partition coefficient (Wildman–Crippen LogP) is -0.835. The summed E-state index contributed by atoms with van der Waals surface area (Å²) in [6, 6.07) is -0.631. The van der Waals surface area contributed by atoms with E-state index >= 15 is 0 Å². The number of amides is 3. The van der Waals surface area contributed by atoms with Gasteiger partial charge in [0.2, 0.25) is 0 Å². The van der Waals surface area contributed by atoms with Crippen molar-refractivity contribution in [2.24, 2.45) is 5.73 Å². The first-order chi connectivity index (χ1) is 8.04. The fourth-order valence-corrected chi connectivity index (χ4v) is 1.80. The Morgan fingerprint density at radius 1 is 1.35 bits per heavy atom. The van der Waals surface area contributed by atoms with Crippen LogP contribution in [-0.4, -0.2) is 37.1 Å². The van der Waals surface area contributed by atoms with Gasteiger partial charge >= 0.3 is 6.03 Å². The number of carbonyl (C=O) groups excluding carboxylic acids is 2. The molecule has 0 bridgehead atoms. The first-order valence-electron chi connectivity index (χ1n) is 4.80. The summed E-state index contributed by atoms with van der Waals surface area (Å²) in [5, 5.41) is 8.31. The number of urea groups is 1. The zero-order chi connectivity index (χ0) is 12.8. The van der Waals surface area contributed by atoms with Crippen molar-refractivity contribution in [3.63, 3.8) is 0 Å². The standard InChI is InChI=1S/C8H14N6O2S/c1-11-8-14-5(9)4(17-8)6(15)12-2-3-13-7(10)16/h2-3,9H2,1H3,(H,11,14)(H,12,15)(H3,10,13,16). The Bertz CT molecular complexity index is 418. The van der Waals surface area contributed by atoms with E-state index in [4.69, 9.17) is 11.5 Å². The van der Waals surface area contributed by atoms with E-state index in [9.17, 15) is 9.59 Å². The fraction of sp³-hybridized carbons (Fsp3) is 0.375. The summed E-state index contributed by atoms with van der Waals surface area (Å²) in [6.07, 6.45) is 0. The van der Waals surface area contributed by atoms with Crippen LogP contribution in [0.5, 0.6) is 0 Å². The largest absolute Gasteiger partial charge is 0.382 e. The highest BCUT2D eigenvalue weighted by molar-refractivity contribution is 7.18. The molecule has 0 atom stereocenters. The molecule has 0 saturated heterocycles. The highest BCUT2D eigenvalue weighted by atomic mass is 32.1. The fourth-order valence-electron chi connectivity index (χ4n) is 1.04. The van der Waals surface area contributed by atoms with Crippen molar-refractivity contribution in [1.82, 2.24) is 15.6 Å². The Morgan fingerprint density at radius 2 is 2.00 bits per heavy atom. The van der Waals surface area contributed by atoms with Crippen LogP contribution in [0.15, 0.2) is 0 Å². The van der Waals surface area contributed by atoms with Gasteiger partial charge in [-0.15, -0.1) is 0 Å². The maximum absolute atomic E-state index is 11.6. The third-order valence-electron chi connectivity index (χ3n) is 1.78. The number of primary amides is 1. The van der Waals surface area contributed by atoms with Crippen molar-refractivity contribution in [3.05, 3.63) is 4.88 Å². The Hall–Kier alpha value is -2.03. The second-order valence-corrected chi connectivity index (χ2v) is 4.03. The molecule has 0 fully saturated rings. The minimum absolute atomic E-state index is 0.180. The van der Waals surface area contributed by atoms with Crippen molar-refractivity contribution >= 4 is 34.2 Å². The number of aromatic nitrogens is 1. The molecule has 17 heavy (non-hydrogen) atoms. The van der Waals surface area contributed by atoms with Crippen molar-refractivity contribution < 1.29 is 9.59 Å². The molecule has 94 valence electrons. The van der Waals surface area contributed by atoms with E-state index in [1.165, 1.54) is 0 Å². The van der Waals surface area contributed by atoms with Gasteiger partial charge < -0.3 is 27.4 Å². The number of anilines is 2. The molecule has 1 aromatic heterocycles. The summed E-state index contributed by atoms with van der Waals surface area (Å²) < 4.78 is 0. The van der Waals surface area contributed by atoms with Crippen LogP contribution in [0.25, 0.3) is 0 Å². The zero-order valence-electron chi connectivity index (χ0n) is 9.24. The normalized spacial score (nSPS) is 9.71. The number of hydrogen-bond donors (Lipinski definition) is 5. The number of thiazole rings is 1. The summed E-state index contributed by atoms with van der Waals surface area (Å²) in [5.41, 5.74) is 10.4. The maximum atomic E-state index is 11.6. The van der Waals surface area contributed by atoms with Crippen LogP contribution in [0.2, 0.25) is 0 Å². The molecule has 0 unspecified atom stereocenters. The summed E-state index contributed by atoms with van der Waals surface area (Å²) in [4.78, 5) is 26.3. The molecule has 0 aliphatic heterocycles. The first kappa shape index (κ1) is 13.0. The van der Waals surface area contributed by atoms with Crippen LogP contribution < -0.4 is 27.4 Å². The quantitative estimate of drug-likeness (QED) is 0.439. The van der Waals surface area contributed by atoms with Crippen LogP contribution in [-0.2, 0) is 0 Å².